The Hall–Kier alpha value is -1.55. The van der Waals surface area contributed by atoms with Crippen LogP contribution in [-0.4, -0.2) is 29.6 Å². The number of rotatable bonds is 3. The first-order valence-corrected chi connectivity index (χ1v) is 5.21. The van der Waals surface area contributed by atoms with Gasteiger partial charge in [0.1, 0.15) is 0 Å². The van der Waals surface area contributed by atoms with E-state index in [4.69, 9.17) is 21.4 Å². The summed E-state index contributed by atoms with van der Waals surface area (Å²) in [4.78, 5) is 14.7. The van der Waals surface area contributed by atoms with Gasteiger partial charge in [-0.05, 0) is 11.6 Å². The van der Waals surface area contributed by atoms with Gasteiger partial charge in [-0.1, -0.05) is 29.8 Å². The minimum absolute atomic E-state index is 0.176. The lowest BCUT2D eigenvalue weighted by molar-refractivity contribution is -0.144. The number of ether oxygens (including phenoxy) is 1. The number of aliphatic imine (C=N–C) groups is 1. The smallest absolute Gasteiger partial charge is 0.346 e. The average molecular weight is 240 g/mol. The van der Waals surface area contributed by atoms with Crippen LogP contribution in [0.5, 0.6) is 0 Å². The second-order valence-electron chi connectivity index (χ2n) is 3.45. The molecule has 2 rings (SSSR count). The van der Waals surface area contributed by atoms with Crippen molar-refractivity contribution in [2.75, 3.05) is 6.54 Å². The Labute approximate surface area is 97.5 Å². The van der Waals surface area contributed by atoms with Crippen molar-refractivity contribution >= 4 is 23.5 Å². The molecule has 1 heterocycles. The summed E-state index contributed by atoms with van der Waals surface area (Å²) in [5, 5.41) is 9.36. The molecule has 0 aliphatic carbocycles. The van der Waals surface area contributed by atoms with E-state index < -0.39 is 12.1 Å². The van der Waals surface area contributed by atoms with Gasteiger partial charge < -0.3 is 9.84 Å². The Morgan fingerprint density at radius 1 is 1.56 bits per heavy atom. The van der Waals surface area contributed by atoms with Gasteiger partial charge in [-0.15, -0.1) is 0 Å². The molecule has 0 saturated carbocycles. The fourth-order valence-corrected chi connectivity index (χ4v) is 1.66. The summed E-state index contributed by atoms with van der Waals surface area (Å²) in [5.41, 5.74) is 0.883. The Morgan fingerprint density at radius 2 is 2.31 bits per heavy atom. The molecule has 1 unspecified atom stereocenters. The normalized spacial score (nSPS) is 19.1. The molecule has 16 heavy (non-hydrogen) atoms. The van der Waals surface area contributed by atoms with Gasteiger partial charge in [-0.3, -0.25) is 4.99 Å². The standard InChI is InChI=1S/C11H10ClNO3/c12-8-4-2-1-3-7(8)5-10-13-6-9(16-10)11(14)15/h1-4,9H,5-6H2,(H,14,15). The molecule has 0 amide bonds. The summed E-state index contributed by atoms with van der Waals surface area (Å²) in [5.74, 6) is -0.557. The van der Waals surface area contributed by atoms with Crippen molar-refractivity contribution in [3.8, 4) is 0 Å². The molecule has 1 aromatic rings. The van der Waals surface area contributed by atoms with Crippen molar-refractivity contribution in [1.82, 2.24) is 0 Å². The molecule has 1 aliphatic rings. The van der Waals surface area contributed by atoms with Crippen LogP contribution >= 0.6 is 11.6 Å². The predicted molar refractivity (Wildman–Crippen MR) is 60.0 cm³/mol. The van der Waals surface area contributed by atoms with E-state index in [-0.39, 0.29) is 6.54 Å². The van der Waals surface area contributed by atoms with Crippen molar-refractivity contribution in [2.45, 2.75) is 12.5 Å². The lowest BCUT2D eigenvalue weighted by atomic mass is 10.1. The number of halogens is 1. The summed E-state index contributed by atoms with van der Waals surface area (Å²) in [6.07, 6.45) is -0.416. The molecule has 0 aromatic heterocycles. The maximum Gasteiger partial charge on any atom is 0.346 e. The lowest BCUT2D eigenvalue weighted by Gasteiger charge is -2.07. The predicted octanol–water partition coefficient (Wildman–Crippen LogP) is 1.76. The van der Waals surface area contributed by atoms with Crippen molar-refractivity contribution in [3.05, 3.63) is 34.9 Å². The topological polar surface area (TPSA) is 58.9 Å². The van der Waals surface area contributed by atoms with Crippen molar-refractivity contribution in [2.24, 2.45) is 4.99 Å². The molecule has 0 spiro atoms. The van der Waals surface area contributed by atoms with Crippen LogP contribution < -0.4 is 0 Å². The third-order valence-corrected chi connectivity index (χ3v) is 2.66. The first kappa shape index (κ1) is 11.0. The Kier molecular flexibility index (Phi) is 3.10. The van der Waals surface area contributed by atoms with Gasteiger partial charge in [-0.25, -0.2) is 4.79 Å². The number of benzene rings is 1. The molecule has 0 bridgehead atoms. The van der Waals surface area contributed by atoms with Gasteiger partial charge in [0.2, 0.25) is 6.10 Å². The molecule has 1 aliphatic heterocycles. The first-order valence-electron chi connectivity index (χ1n) is 4.83. The monoisotopic (exact) mass is 239 g/mol. The third-order valence-electron chi connectivity index (χ3n) is 2.29. The highest BCUT2D eigenvalue weighted by molar-refractivity contribution is 6.31. The van der Waals surface area contributed by atoms with Crippen LogP contribution in [0.1, 0.15) is 5.56 Å². The first-order chi connectivity index (χ1) is 7.66. The summed E-state index contributed by atoms with van der Waals surface area (Å²) < 4.78 is 5.17. The van der Waals surface area contributed by atoms with E-state index in [1.54, 1.807) is 6.07 Å². The number of hydrogen-bond donors (Lipinski definition) is 1. The van der Waals surface area contributed by atoms with Gasteiger partial charge >= 0.3 is 5.97 Å². The zero-order chi connectivity index (χ0) is 11.5. The van der Waals surface area contributed by atoms with E-state index in [1.165, 1.54) is 0 Å². The molecule has 0 fully saturated rings. The molecule has 0 saturated heterocycles. The molecule has 84 valence electrons. The Morgan fingerprint density at radius 3 is 2.94 bits per heavy atom. The average Bonchev–Trinajstić information content (AvgIpc) is 2.70. The van der Waals surface area contributed by atoms with Crippen LogP contribution in [0.25, 0.3) is 0 Å². The number of carboxylic acids is 1. The fourth-order valence-electron chi connectivity index (χ4n) is 1.45. The SMILES string of the molecule is O=C(O)C1CN=C(Cc2ccccc2Cl)O1. The van der Waals surface area contributed by atoms with E-state index >= 15 is 0 Å². The molecular formula is C11H10ClNO3. The molecule has 5 heteroatoms. The molecular weight excluding hydrogens is 230 g/mol. The zero-order valence-corrected chi connectivity index (χ0v) is 9.15. The summed E-state index contributed by atoms with van der Waals surface area (Å²) in [7, 11) is 0. The highest BCUT2D eigenvalue weighted by Gasteiger charge is 2.26. The quantitative estimate of drug-likeness (QED) is 0.875. The number of hydrogen-bond acceptors (Lipinski definition) is 3. The van der Waals surface area contributed by atoms with Crippen molar-refractivity contribution in [1.29, 1.82) is 0 Å². The van der Waals surface area contributed by atoms with E-state index in [2.05, 4.69) is 4.99 Å². The van der Waals surface area contributed by atoms with Crippen LogP contribution in [0.15, 0.2) is 29.3 Å². The van der Waals surface area contributed by atoms with E-state index in [1.807, 2.05) is 18.2 Å². The van der Waals surface area contributed by atoms with Crippen LogP contribution in [0.3, 0.4) is 0 Å². The van der Waals surface area contributed by atoms with Crippen molar-refractivity contribution < 1.29 is 14.6 Å². The summed E-state index contributed by atoms with van der Waals surface area (Å²) >= 11 is 5.97. The Balaban J connectivity index is 2.03. The van der Waals surface area contributed by atoms with E-state index in [9.17, 15) is 4.79 Å². The fraction of sp³-hybridized carbons (Fsp3) is 0.273. The zero-order valence-electron chi connectivity index (χ0n) is 8.39. The van der Waals surface area contributed by atoms with Crippen LogP contribution in [0.2, 0.25) is 5.02 Å². The second kappa shape index (κ2) is 4.53. The second-order valence-corrected chi connectivity index (χ2v) is 3.85. The highest BCUT2D eigenvalue weighted by atomic mass is 35.5. The number of carboxylic acid groups (broad SMARTS) is 1. The largest absolute Gasteiger partial charge is 0.478 e. The van der Waals surface area contributed by atoms with Crippen LogP contribution in [-0.2, 0) is 16.0 Å². The maximum absolute atomic E-state index is 10.6. The molecule has 1 N–H and O–H groups in total. The van der Waals surface area contributed by atoms with Crippen molar-refractivity contribution in [3.63, 3.8) is 0 Å². The lowest BCUT2D eigenvalue weighted by Crippen LogP contribution is -2.24. The van der Waals surface area contributed by atoms with E-state index in [0.717, 1.165) is 5.56 Å². The minimum atomic E-state index is -0.988. The van der Waals surface area contributed by atoms with Gasteiger partial charge in [-0.2, -0.15) is 0 Å². The molecule has 0 radical (unpaired) electrons. The number of aliphatic carboxylic acids is 1. The molecule has 4 nitrogen and oxygen atoms in total. The minimum Gasteiger partial charge on any atom is -0.478 e. The third kappa shape index (κ3) is 2.33. The Bertz CT molecular complexity index is 445. The van der Waals surface area contributed by atoms with Crippen LogP contribution in [0.4, 0.5) is 0 Å². The molecule has 1 atom stereocenters. The number of nitrogens with zero attached hydrogens (tertiary/aromatic N) is 1. The molecule has 1 aromatic carbocycles. The maximum atomic E-state index is 10.6. The van der Waals surface area contributed by atoms with Gasteiger partial charge in [0, 0.05) is 5.02 Å². The summed E-state index contributed by atoms with van der Waals surface area (Å²) in [6, 6.07) is 7.35. The highest BCUT2D eigenvalue weighted by Crippen LogP contribution is 2.18. The van der Waals surface area contributed by atoms with Crippen LogP contribution in [0, 0.1) is 0 Å². The van der Waals surface area contributed by atoms with Gasteiger partial charge in [0.15, 0.2) is 5.90 Å². The van der Waals surface area contributed by atoms with Gasteiger partial charge in [0.05, 0.1) is 13.0 Å². The number of carbonyl (C=O) groups is 1. The van der Waals surface area contributed by atoms with E-state index in [0.29, 0.717) is 17.3 Å². The van der Waals surface area contributed by atoms with Gasteiger partial charge in [0.25, 0.3) is 0 Å². The summed E-state index contributed by atoms with van der Waals surface area (Å²) in [6.45, 7) is 0.176.